The molecule has 4 heteroatoms. The molecule has 0 aromatic carbocycles. The Morgan fingerprint density at radius 3 is 2.06 bits per heavy atom. The monoisotopic (exact) mass is 230 g/mol. The van der Waals surface area contributed by atoms with Crippen LogP contribution in [0.1, 0.15) is 34.6 Å². The standard InChI is InChI=1S/C12H26N2O2/c1-8(2)10(5)14-12(16)6-13-11(7-15)9(3)4/h8-11,13,15H,6-7H2,1-5H3,(H,14,16). The second-order valence-corrected chi connectivity index (χ2v) is 5.01. The van der Waals surface area contributed by atoms with E-state index >= 15 is 0 Å². The highest BCUT2D eigenvalue weighted by Gasteiger charge is 2.14. The van der Waals surface area contributed by atoms with Gasteiger partial charge in [-0.2, -0.15) is 0 Å². The first-order valence-corrected chi connectivity index (χ1v) is 6.02. The first-order chi connectivity index (χ1) is 7.38. The van der Waals surface area contributed by atoms with Crippen molar-refractivity contribution in [1.82, 2.24) is 10.6 Å². The van der Waals surface area contributed by atoms with E-state index in [0.717, 1.165) is 0 Å². The van der Waals surface area contributed by atoms with Crippen molar-refractivity contribution < 1.29 is 9.90 Å². The van der Waals surface area contributed by atoms with Crippen LogP contribution in [0, 0.1) is 11.8 Å². The van der Waals surface area contributed by atoms with Crippen molar-refractivity contribution in [3.8, 4) is 0 Å². The first-order valence-electron chi connectivity index (χ1n) is 6.02. The van der Waals surface area contributed by atoms with Gasteiger partial charge in [0.25, 0.3) is 0 Å². The van der Waals surface area contributed by atoms with Gasteiger partial charge in [-0.25, -0.2) is 0 Å². The Morgan fingerprint density at radius 1 is 1.12 bits per heavy atom. The first kappa shape index (κ1) is 15.4. The molecule has 0 saturated carbocycles. The average molecular weight is 230 g/mol. The molecule has 0 rings (SSSR count). The SMILES string of the molecule is CC(C)C(C)NC(=O)CNC(CO)C(C)C. The van der Waals surface area contributed by atoms with Gasteiger partial charge >= 0.3 is 0 Å². The van der Waals surface area contributed by atoms with Crippen molar-refractivity contribution in [3.05, 3.63) is 0 Å². The molecule has 3 N–H and O–H groups in total. The largest absolute Gasteiger partial charge is 0.395 e. The maximum Gasteiger partial charge on any atom is 0.234 e. The van der Waals surface area contributed by atoms with Crippen LogP contribution in [0.5, 0.6) is 0 Å². The van der Waals surface area contributed by atoms with E-state index in [1.54, 1.807) is 0 Å². The number of carbonyl (C=O) groups excluding carboxylic acids is 1. The molecule has 0 aliphatic rings. The Kier molecular flexibility index (Phi) is 7.34. The predicted octanol–water partition coefficient (Wildman–Crippen LogP) is 0.754. The molecule has 0 aliphatic heterocycles. The van der Waals surface area contributed by atoms with Gasteiger partial charge in [-0.15, -0.1) is 0 Å². The molecule has 2 atom stereocenters. The summed E-state index contributed by atoms with van der Waals surface area (Å²) in [6, 6.07) is 0.168. The van der Waals surface area contributed by atoms with Crippen molar-refractivity contribution in [3.63, 3.8) is 0 Å². The summed E-state index contributed by atoms with van der Waals surface area (Å²) in [7, 11) is 0. The third-order valence-corrected chi connectivity index (χ3v) is 2.91. The van der Waals surface area contributed by atoms with Gasteiger partial charge < -0.3 is 15.7 Å². The van der Waals surface area contributed by atoms with Crippen molar-refractivity contribution >= 4 is 5.91 Å². The summed E-state index contributed by atoms with van der Waals surface area (Å²) in [6.45, 7) is 10.5. The molecule has 0 aromatic rings. The third kappa shape index (κ3) is 6.08. The van der Waals surface area contributed by atoms with E-state index in [1.165, 1.54) is 0 Å². The molecule has 0 fully saturated rings. The van der Waals surface area contributed by atoms with E-state index in [0.29, 0.717) is 11.8 Å². The molecule has 0 aromatic heterocycles. The topological polar surface area (TPSA) is 61.4 Å². The summed E-state index contributed by atoms with van der Waals surface area (Å²) in [5.41, 5.74) is 0. The van der Waals surface area contributed by atoms with Crippen LogP contribution < -0.4 is 10.6 Å². The van der Waals surface area contributed by atoms with Crippen molar-refractivity contribution in [2.45, 2.75) is 46.7 Å². The lowest BCUT2D eigenvalue weighted by Crippen LogP contribution is -2.46. The number of rotatable bonds is 7. The van der Waals surface area contributed by atoms with Crippen molar-refractivity contribution in [2.24, 2.45) is 11.8 Å². The number of amides is 1. The van der Waals surface area contributed by atoms with Crippen LogP contribution >= 0.6 is 0 Å². The lowest BCUT2D eigenvalue weighted by molar-refractivity contribution is -0.121. The van der Waals surface area contributed by atoms with Crippen LogP contribution in [0.25, 0.3) is 0 Å². The summed E-state index contributed by atoms with van der Waals surface area (Å²) < 4.78 is 0. The molecule has 96 valence electrons. The van der Waals surface area contributed by atoms with Gasteiger partial charge in [0.05, 0.1) is 13.2 Å². The van der Waals surface area contributed by atoms with Gasteiger partial charge in [-0.3, -0.25) is 4.79 Å². The van der Waals surface area contributed by atoms with E-state index in [4.69, 9.17) is 5.11 Å². The Labute approximate surface area is 98.8 Å². The number of aliphatic hydroxyl groups is 1. The molecule has 2 unspecified atom stereocenters. The minimum absolute atomic E-state index is 0.0136. The molecule has 16 heavy (non-hydrogen) atoms. The minimum atomic E-state index is -0.0138. The van der Waals surface area contributed by atoms with Crippen molar-refractivity contribution in [2.75, 3.05) is 13.2 Å². The summed E-state index contributed by atoms with van der Waals surface area (Å²) in [5, 5.41) is 15.1. The molecular weight excluding hydrogens is 204 g/mol. The van der Waals surface area contributed by atoms with Gasteiger partial charge in [-0.05, 0) is 18.8 Å². The van der Waals surface area contributed by atoms with Crippen molar-refractivity contribution in [1.29, 1.82) is 0 Å². The Morgan fingerprint density at radius 2 is 1.69 bits per heavy atom. The van der Waals surface area contributed by atoms with E-state index in [2.05, 4.69) is 24.5 Å². The van der Waals surface area contributed by atoms with Gasteiger partial charge in [-0.1, -0.05) is 27.7 Å². The van der Waals surface area contributed by atoms with E-state index in [-0.39, 0.29) is 31.1 Å². The van der Waals surface area contributed by atoms with Gasteiger partial charge in [0.2, 0.25) is 5.91 Å². The minimum Gasteiger partial charge on any atom is -0.395 e. The Balaban J connectivity index is 3.88. The fraction of sp³-hybridized carbons (Fsp3) is 0.917. The molecule has 0 aliphatic carbocycles. The zero-order valence-corrected chi connectivity index (χ0v) is 11.1. The Hall–Kier alpha value is -0.610. The zero-order valence-electron chi connectivity index (χ0n) is 11.1. The smallest absolute Gasteiger partial charge is 0.234 e. The quantitative estimate of drug-likeness (QED) is 0.605. The molecule has 0 spiro atoms. The second kappa shape index (κ2) is 7.63. The van der Waals surface area contributed by atoms with Crippen LogP contribution in [-0.2, 0) is 4.79 Å². The molecule has 0 saturated heterocycles. The lowest BCUT2D eigenvalue weighted by atomic mass is 10.1. The van der Waals surface area contributed by atoms with Gasteiger partial charge in [0.1, 0.15) is 0 Å². The number of aliphatic hydroxyl groups excluding tert-OH is 1. The fourth-order valence-electron chi connectivity index (χ4n) is 1.21. The predicted molar refractivity (Wildman–Crippen MR) is 66.2 cm³/mol. The molecule has 0 heterocycles. The number of hydrogen-bond acceptors (Lipinski definition) is 3. The summed E-state index contributed by atoms with van der Waals surface area (Å²) >= 11 is 0. The molecule has 4 nitrogen and oxygen atoms in total. The number of hydrogen-bond donors (Lipinski definition) is 3. The normalized spacial score (nSPS) is 15.2. The molecular formula is C12H26N2O2. The molecule has 0 bridgehead atoms. The average Bonchev–Trinajstić information content (AvgIpc) is 2.17. The highest BCUT2D eigenvalue weighted by molar-refractivity contribution is 5.78. The number of carbonyl (C=O) groups is 1. The van der Waals surface area contributed by atoms with E-state index in [9.17, 15) is 4.79 Å². The summed E-state index contributed by atoms with van der Waals surface area (Å²) in [6.07, 6.45) is 0. The third-order valence-electron chi connectivity index (χ3n) is 2.91. The molecule has 1 amide bonds. The van der Waals surface area contributed by atoms with Crippen LogP contribution in [0.4, 0.5) is 0 Å². The summed E-state index contributed by atoms with van der Waals surface area (Å²) in [4.78, 5) is 11.5. The summed E-state index contributed by atoms with van der Waals surface area (Å²) in [5.74, 6) is 0.739. The van der Waals surface area contributed by atoms with Crippen LogP contribution in [0.2, 0.25) is 0 Å². The highest BCUT2D eigenvalue weighted by atomic mass is 16.3. The maximum atomic E-state index is 11.5. The zero-order chi connectivity index (χ0) is 12.7. The second-order valence-electron chi connectivity index (χ2n) is 5.01. The number of nitrogens with one attached hydrogen (secondary N) is 2. The maximum absolute atomic E-state index is 11.5. The lowest BCUT2D eigenvalue weighted by Gasteiger charge is -2.21. The Bertz CT molecular complexity index is 205. The van der Waals surface area contributed by atoms with E-state index in [1.807, 2.05) is 20.8 Å². The highest BCUT2D eigenvalue weighted by Crippen LogP contribution is 2.01. The van der Waals surface area contributed by atoms with Crippen LogP contribution in [-0.4, -0.2) is 36.2 Å². The van der Waals surface area contributed by atoms with E-state index < -0.39 is 0 Å². The van der Waals surface area contributed by atoms with Crippen LogP contribution in [0.3, 0.4) is 0 Å². The fourth-order valence-corrected chi connectivity index (χ4v) is 1.21. The van der Waals surface area contributed by atoms with Crippen LogP contribution in [0.15, 0.2) is 0 Å². The van der Waals surface area contributed by atoms with Gasteiger partial charge in [0, 0.05) is 12.1 Å². The molecule has 0 radical (unpaired) electrons. The van der Waals surface area contributed by atoms with Gasteiger partial charge in [0.15, 0.2) is 0 Å².